The molecule has 2 fully saturated rings. The molecule has 198 valence electrons. The Morgan fingerprint density at radius 3 is 2.71 bits per heavy atom. The zero-order valence-electron chi connectivity index (χ0n) is 21.4. The second-order valence-electron chi connectivity index (χ2n) is 10.7. The van der Waals surface area contributed by atoms with Gasteiger partial charge in [-0.2, -0.15) is 0 Å². The molecular weight excluding hydrogens is 548 g/mol. The lowest BCUT2D eigenvalue weighted by atomic mass is 9.83. The third-order valence-electron chi connectivity index (χ3n) is 8.17. The molecule has 1 aromatic carbocycles. The van der Waals surface area contributed by atoms with Crippen LogP contribution in [0.15, 0.2) is 62.4 Å². The number of hydrogen-bond acceptors (Lipinski definition) is 5. The number of halogens is 1. The van der Waals surface area contributed by atoms with Crippen molar-refractivity contribution in [1.29, 1.82) is 0 Å². The van der Waals surface area contributed by atoms with Gasteiger partial charge in [0, 0.05) is 55.5 Å². The monoisotopic (exact) mass is 578 g/mol. The van der Waals surface area contributed by atoms with Crippen LogP contribution in [0.5, 0.6) is 0 Å². The number of benzene rings is 1. The number of rotatable bonds is 4. The molecule has 0 aliphatic carbocycles. The zero-order valence-corrected chi connectivity index (χ0v) is 22.9. The molecule has 2 saturated heterocycles. The number of hydrogen-bond donors (Lipinski definition) is 1. The highest BCUT2D eigenvalue weighted by molar-refractivity contribution is 9.10. The average Bonchev–Trinajstić information content (AvgIpc) is 3.35. The first-order chi connectivity index (χ1) is 18.4. The van der Waals surface area contributed by atoms with Crippen molar-refractivity contribution in [3.05, 3.63) is 80.6 Å². The number of fused-ring (bicyclic) bond motifs is 4. The lowest BCUT2D eigenvalue weighted by Gasteiger charge is -2.44. The van der Waals surface area contributed by atoms with Crippen LogP contribution in [0.3, 0.4) is 0 Å². The molecule has 1 N–H and O–H groups in total. The first-order valence-corrected chi connectivity index (χ1v) is 14.1. The fraction of sp³-hybridized carbons (Fsp3) is 0.414. The van der Waals surface area contributed by atoms with E-state index < -0.39 is 0 Å². The summed E-state index contributed by atoms with van der Waals surface area (Å²) in [6.45, 7) is 5.03. The van der Waals surface area contributed by atoms with Crippen LogP contribution < -0.4 is 15.8 Å². The molecule has 38 heavy (non-hydrogen) atoms. The summed E-state index contributed by atoms with van der Waals surface area (Å²) in [6, 6.07) is 14.6. The fourth-order valence-electron chi connectivity index (χ4n) is 6.32. The second-order valence-corrected chi connectivity index (χ2v) is 11.5. The third kappa shape index (κ3) is 4.68. The molecule has 0 unspecified atom stereocenters. The van der Waals surface area contributed by atoms with Crippen molar-refractivity contribution in [3.8, 4) is 0 Å². The minimum atomic E-state index is -0.373. The largest absolute Gasteiger partial charge is 0.444 e. The average molecular weight is 579 g/mol. The van der Waals surface area contributed by atoms with Crippen LogP contribution >= 0.6 is 15.9 Å². The van der Waals surface area contributed by atoms with Gasteiger partial charge in [-0.05, 0) is 90.9 Å². The molecule has 8 nitrogen and oxygen atoms in total. The van der Waals surface area contributed by atoms with E-state index in [1.807, 2.05) is 33.7 Å². The maximum atomic E-state index is 13.5. The van der Waals surface area contributed by atoms with Crippen LogP contribution in [-0.4, -0.2) is 47.0 Å². The number of pyridine rings is 1. The molecule has 9 heteroatoms. The van der Waals surface area contributed by atoms with Gasteiger partial charge in [0.1, 0.15) is 0 Å². The van der Waals surface area contributed by atoms with Crippen molar-refractivity contribution in [3.63, 3.8) is 0 Å². The van der Waals surface area contributed by atoms with Gasteiger partial charge in [-0.25, -0.2) is 0 Å². The molecule has 0 saturated carbocycles. The molecule has 5 heterocycles. The number of piperidine rings is 2. The van der Waals surface area contributed by atoms with Crippen molar-refractivity contribution in [1.82, 2.24) is 9.47 Å². The number of nitrogens with zero attached hydrogens (tertiary/aromatic N) is 3. The lowest BCUT2D eigenvalue weighted by Crippen LogP contribution is -2.47. The minimum absolute atomic E-state index is 0.0104. The van der Waals surface area contributed by atoms with Gasteiger partial charge in [-0.1, -0.05) is 6.07 Å². The zero-order chi connectivity index (χ0) is 26.4. The molecule has 3 aliphatic heterocycles. The van der Waals surface area contributed by atoms with Gasteiger partial charge in [0.15, 0.2) is 10.4 Å². The number of aromatic nitrogens is 1. The third-order valence-corrected chi connectivity index (χ3v) is 8.60. The minimum Gasteiger partial charge on any atom is -0.444 e. The molecule has 0 radical (unpaired) electrons. The summed E-state index contributed by atoms with van der Waals surface area (Å²) in [4.78, 5) is 43.3. The molecular formula is C29H31BrN4O4. The molecule has 3 aromatic rings. The fourth-order valence-corrected chi connectivity index (χ4v) is 6.63. The Morgan fingerprint density at radius 2 is 1.92 bits per heavy atom. The van der Waals surface area contributed by atoms with Gasteiger partial charge in [-0.15, -0.1) is 0 Å². The Balaban J connectivity index is 1.34. The van der Waals surface area contributed by atoms with Gasteiger partial charge in [0.2, 0.25) is 0 Å². The van der Waals surface area contributed by atoms with Crippen LogP contribution in [-0.2, 0) is 6.54 Å². The molecule has 3 atom stereocenters. The number of carbonyl (C=O) groups is 2. The van der Waals surface area contributed by atoms with E-state index in [0.29, 0.717) is 28.4 Å². The summed E-state index contributed by atoms with van der Waals surface area (Å²) < 4.78 is 7.87. The number of carbonyl (C=O) groups excluding carboxylic acids is 2. The molecule has 2 aromatic heterocycles. The maximum Gasteiger partial charge on any atom is 0.291 e. The van der Waals surface area contributed by atoms with Gasteiger partial charge in [0.25, 0.3) is 17.4 Å². The summed E-state index contributed by atoms with van der Waals surface area (Å²) in [6.07, 6.45) is 4.18. The Bertz CT molecular complexity index is 1450. The molecule has 3 aliphatic rings. The van der Waals surface area contributed by atoms with Crippen molar-refractivity contribution < 1.29 is 14.0 Å². The van der Waals surface area contributed by atoms with E-state index in [-0.39, 0.29) is 35.1 Å². The highest BCUT2D eigenvalue weighted by atomic mass is 79.9. The van der Waals surface area contributed by atoms with Crippen LogP contribution in [0.4, 0.5) is 11.4 Å². The summed E-state index contributed by atoms with van der Waals surface area (Å²) in [5.41, 5.74) is 3.14. The predicted octanol–water partition coefficient (Wildman–Crippen LogP) is 5.09. The SMILES string of the molecule is C[C@H]1CCCCN1C(=O)c1ccc(N2C[C@H]3C[C@@H](C2)c2cccc(=O)n2C3)c(NC(=O)c2ccc(Br)o2)c1. The van der Waals surface area contributed by atoms with Gasteiger partial charge in [-0.3, -0.25) is 14.4 Å². The van der Waals surface area contributed by atoms with Crippen molar-refractivity contribution in [2.24, 2.45) is 5.92 Å². The molecule has 0 spiro atoms. The molecule has 2 amide bonds. The van der Waals surface area contributed by atoms with E-state index in [0.717, 1.165) is 56.7 Å². The van der Waals surface area contributed by atoms with Crippen LogP contribution in [0.2, 0.25) is 0 Å². The van der Waals surface area contributed by atoms with Crippen LogP contribution in [0.25, 0.3) is 0 Å². The lowest BCUT2D eigenvalue weighted by molar-refractivity contribution is 0.0635. The quantitative estimate of drug-likeness (QED) is 0.465. The summed E-state index contributed by atoms with van der Waals surface area (Å²) >= 11 is 3.26. The number of likely N-dealkylation sites (tertiary alicyclic amines) is 1. The second kappa shape index (κ2) is 10.1. The van der Waals surface area contributed by atoms with E-state index in [4.69, 9.17) is 4.42 Å². The number of furan rings is 1. The van der Waals surface area contributed by atoms with Crippen molar-refractivity contribution >= 4 is 39.1 Å². The van der Waals surface area contributed by atoms with Crippen molar-refractivity contribution in [2.45, 2.75) is 51.1 Å². The first kappa shape index (κ1) is 25.0. The highest BCUT2D eigenvalue weighted by Crippen LogP contribution is 2.39. The summed E-state index contributed by atoms with van der Waals surface area (Å²) in [7, 11) is 0. The van der Waals surface area contributed by atoms with E-state index in [1.165, 1.54) is 0 Å². The highest BCUT2D eigenvalue weighted by Gasteiger charge is 2.35. The topological polar surface area (TPSA) is 87.8 Å². The summed E-state index contributed by atoms with van der Waals surface area (Å²) in [5.74, 6) is 0.344. The molecule has 6 rings (SSSR count). The smallest absolute Gasteiger partial charge is 0.291 e. The van der Waals surface area contributed by atoms with E-state index >= 15 is 0 Å². The van der Waals surface area contributed by atoms with E-state index in [2.05, 4.69) is 33.1 Å². The Hall–Kier alpha value is -3.33. The van der Waals surface area contributed by atoms with E-state index in [9.17, 15) is 14.4 Å². The number of anilines is 2. The Morgan fingerprint density at radius 1 is 1.05 bits per heavy atom. The standard InChI is InChI=1S/C29H31BrN4O4/c1-18-5-2-3-12-33(18)29(37)20-8-9-24(22(14-20)31-28(36)25-10-11-26(30)38-25)32-15-19-13-21(17-32)23-6-4-7-27(35)34(23)16-19/h4,6-11,14,18-19,21H,2-3,5,12-13,15-17H2,1H3,(H,31,36)/t18-,19+,21-/m0/s1. The molecule has 2 bridgehead atoms. The van der Waals surface area contributed by atoms with Crippen LogP contribution in [0, 0.1) is 5.92 Å². The maximum absolute atomic E-state index is 13.5. The first-order valence-electron chi connectivity index (χ1n) is 13.3. The normalized spacial score (nSPS) is 22.6. The number of nitrogens with one attached hydrogen (secondary N) is 1. The predicted molar refractivity (Wildman–Crippen MR) is 149 cm³/mol. The van der Waals surface area contributed by atoms with Gasteiger partial charge in [0.05, 0.1) is 11.4 Å². The van der Waals surface area contributed by atoms with Crippen molar-refractivity contribution in [2.75, 3.05) is 29.9 Å². The Kier molecular flexibility index (Phi) is 6.63. The van der Waals surface area contributed by atoms with Crippen LogP contribution in [0.1, 0.15) is 65.1 Å². The van der Waals surface area contributed by atoms with E-state index in [1.54, 1.807) is 24.3 Å². The Labute approximate surface area is 229 Å². The summed E-state index contributed by atoms with van der Waals surface area (Å²) in [5, 5.41) is 3.02. The number of amides is 2. The van der Waals surface area contributed by atoms with Gasteiger partial charge < -0.3 is 24.1 Å². The van der Waals surface area contributed by atoms with Gasteiger partial charge >= 0.3 is 0 Å².